The van der Waals surface area contributed by atoms with Crippen molar-refractivity contribution in [2.24, 2.45) is 0 Å². The van der Waals surface area contributed by atoms with Crippen molar-refractivity contribution in [1.82, 2.24) is 0 Å². The molecule has 0 heterocycles. The molecule has 0 unspecified atom stereocenters. The van der Waals surface area contributed by atoms with Crippen LogP contribution >= 0.6 is 11.6 Å². The van der Waals surface area contributed by atoms with Gasteiger partial charge in [-0.1, -0.05) is 6.92 Å². The fraction of sp³-hybridized carbons (Fsp3) is 1.00. The Balaban J connectivity index is 0. The minimum atomic E-state index is 0. The summed E-state index contributed by atoms with van der Waals surface area (Å²) in [4.78, 5) is 0. The largest absolute Gasteiger partial charge is 0.127 e. The van der Waals surface area contributed by atoms with Crippen molar-refractivity contribution < 1.29 is 20.4 Å². The predicted molar refractivity (Wildman–Crippen MR) is 16.4 cm³/mol. The van der Waals surface area contributed by atoms with Gasteiger partial charge in [0, 0.05) is 26.3 Å². The van der Waals surface area contributed by atoms with E-state index in [4.69, 9.17) is 11.6 Å². The summed E-state index contributed by atoms with van der Waals surface area (Å²) in [5.41, 5.74) is 0. The van der Waals surface area contributed by atoms with Crippen molar-refractivity contribution in [2.75, 3.05) is 5.88 Å². The molecule has 0 aliphatic carbocycles. The molecule has 0 spiro atoms. The van der Waals surface area contributed by atoms with E-state index in [1.807, 2.05) is 6.92 Å². The topological polar surface area (TPSA) is 0 Å². The molecule has 0 radical (unpaired) electrons. The molecule has 0 N–H and O–H groups in total. The second kappa shape index (κ2) is 9.04. The van der Waals surface area contributed by atoms with Crippen LogP contribution in [0.5, 0.6) is 0 Å². The molecule has 0 aromatic heterocycles. The van der Waals surface area contributed by atoms with Gasteiger partial charge in [0.2, 0.25) is 0 Å². The van der Waals surface area contributed by atoms with Crippen molar-refractivity contribution in [2.45, 2.75) is 6.92 Å². The summed E-state index contributed by atoms with van der Waals surface area (Å²) in [5, 5.41) is 0. The third-order valence-corrected chi connectivity index (χ3v) is 0. The molecular formula is C2H5ClPd. The van der Waals surface area contributed by atoms with E-state index in [0.29, 0.717) is 0 Å². The Morgan fingerprint density at radius 1 is 1.75 bits per heavy atom. The fourth-order valence-corrected chi connectivity index (χ4v) is 0. The Bertz CT molecular complexity index is 6.00. The average Bonchev–Trinajstić information content (AvgIpc) is 0.918. The molecule has 0 nitrogen and oxygen atoms in total. The minimum Gasteiger partial charge on any atom is -0.127 e. The van der Waals surface area contributed by atoms with Gasteiger partial charge in [0.05, 0.1) is 0 Å². The molecule has 0 atom stereocenters. The average molecular weight is 171 g/mol. The first-order chi connectivity index (χ1) is 1.41. The summed E-state index contributed by atoms with van der Waals surface area (Å²) in [7, 11) is 0. The Labute approximate surface area is 45.2 Å². The minimum absolute atomic E-state index is 0. The Morgan fingerprint density at radius 3 is 1.75 bits per heavy atom. The van der Waals surface area contributed by atoms with Crippen LogP contribution in [0.4, 0.5) is 0 Å². The maximum Gasteiger partial charge on any atom is 0.0195 e. The normalized spacial score (nSPS) is 4.50. The number of alkyl halides is 1. The van der Waals surface area contributed by atoms with Crippen LogP contribution in [0.15, 0.2) is 0 Å². The van der Waals surface area contributed by atoms with Gasteiger partial charge in [-0.15, -0.1) is 11.6 Å². The molecule has 0 aliphatic rings. The quantitative estimate of drug-likeness (QED) is 0.380. The van der Waals surface area contributed by atoms with Gasteiger partial charge in [0.1, 0.15) is 0 Å². The van der Waals surface area contributed by atoms with Crippen LogP contribution in [0.2, 0.25) is 0 Å². The van der Waals surface area contributed by atoms with Crippen molar-refractivity contribution in [3.8, 4) is 0 Å². The van der Waals surface area contributed by atoms with Crippen LogP contribution < -0.4 is 0 Å². The van der Waals surface area contributed by atoms with Crippen LogP contribution in [0.25, 0.3) is 0 Å². The van der Waals surface area contributed by atoms with Gasteiger partial charge in [-0.2, -0.15) is 0 Å². The molecule has 30 valence electrons. The monoisotopic (exact) mass is 170 g/mol. The molecule has 4 heavy (non-hydrogen) atoms. The van der Waals surface area contributed by atoms with E-state index in [9.17, 15) is 0 Å². The van der Waals surface area contributed by atoms with Gasteiger partial charge in [-0.25, -0.2) is 0 Å². The second-order valence-electron chi connectivity index (χ2n) is 0.267. The van der Waals surface area contributed by atoms with Gasteiger partial charge in [-0.05, 0) is 0 Å². The van der Waals surface area contributed by atoms with Gasteiger partial charge in [0.25, 0.3) is 0 Å². The van der Waals surface area contributed by atoms with Crippen molar-refractivity contribution in [3.63, 3.8) is 0 Å². The molecule has 0 aliphatic heterocycles. The van der Waals surface area contributed by atoms with Crippen LogP contribution in [0, 0.1) is 0 Å². The predicted octanol–water partition coefficient (Wildman–Crippen LogP) is 1.24. The second-order valence-corrected chi connectivity index (χ2v) is 0.802. The van der Waals surface area contributed by atoms with Crippen LogP contribution in [0.3, 0.4) is 0 Å². The van der Waals surface area contributed by atoms with Gasteiger partial charge in [0.15, 0.2) is 0 Å². The summed E-state index contributed by atoms with van der Waals surface area (Å²) in [6.45, 7) is 1.89. The zero-order valence-corrected chi connectivity index (χ0v) is 4.71. The number of hydrogen-bond donors (Lipinski definition) is 0. The first-order valence-corrected chi connectivity index (χ1v) is 1.51. The molecule has 0 saturated carbocycles. The summed E-state index contributed by atoms with van der Waals surface area (Å²) in [6, 6.07) is 0. The summed E-state index contributed by atoms with van der Waals surface area (Å²) >= 11 is 5.00. The Hall–Kier alpha value is 0.952. The molecule has 0 bridgehead atoms. The van der Waals surface area contributed by atoms with E-state index in [1.54, 1.807) is 0 Å². The van der Waals surface area contributed by atoms with Gasteiger partial charge in [-0.3, -0.25) is 0 Å². The Morgan fingerprint density at radius 2 is 1.75 bits per heavy atom. The summed E-state index contributed by atoms with van der Waals surface area (Å²) < 4.78 is 0. The van der Waals surface area contributed by atoms with Crippen molar-refractivity contribution in [3.05, 3.63) is 0 Å². The first kappa shape index (κ1) is 8.88. The molecule has 0 amide bonds. The fourth-order valence-electron chi connectivity index (χ4n) is 0. The summed E-state index contributed by atoms with van der Waals surface area (Å²) in [5.74, 6) is 0.722. The van der Waals surface area contributed by atoms with E-state index in [1.165, 1.54) is 0 Å². The zero-order chi connectivity index (χ0) is 2.71. The zero-order valence-electron chi connectivity index (χ0n) is 2.40. The van der Waals surface area contributed by atoms with Crippen LogP contribution in [-0.4, -0.2) is 5.88 Å². The number of halogens is 1. The molecule has 0 saturated heterocycles. The Kier molecular flexibility index (Phi) is 20.1. The van der Waals surface area contributed by atoms with Crippen LogP contribution in [0.1, 0.15) is 6.92 Å². The molecule has 2 heteroatoms. The number of hydrogen-bond acceptors (Lipinski definition) is 0. The van der Waals surface area contributed by atoms with Gasteiger partial charge < -0.3 is 0 Å². The number of rotatable bonds is 0. The molecule has 0 aromatic rings. The molecule has 0 aromatic carbocycles. The molecule has 0 fully saturated rings. The van der Waals surface area contributed by atoms with E-state index in [-0.39, 0.29) is 20.4 Å². The summed E-state index contributed by atoms with van der Waals surface area (Å²) in [6.07, 6.45) is 0. The third-order valence-electron chi connectivity index (χ3n) is 0. The maximum atomic E-state index is 5.00. The smallest absolute Gasteiger partial charge is 0.0195 e. The standard InChI is InChI=1S/C2H5Cl.Pd/c1-2-3;/h2H2,1H3;. The third kappa shape index (κ3) is 12.4. The van der Waals surface area contributed by atoms with E-state index < -0.39 is 0 Å². The van der Waals surface area contributed by atoms with E-state index >= 15 is 0 Å². The van der Waals surface area contributed by atoms with E-state index in [0.717, 1.165) is 5.88 Å². The van der Waals surface area contributed by atoms with Crippen molar-refractivity contribution >= 4 is 11.6 Å². The molecule has 0 rings (SSSR count). The van der Waals surface area contributed by atoms with Gasteiger partial charge >= 0.3 is 0 Å². The first-order valence-electron chi connectivity index (χ1n) is 0.974. The van der Waals surface area contributed by atoms with E-state index in [2.05, 4.69) is 0 Å². The van der Waals surface area contributed by atoms with Crippen molar-refractivity contribution in [1.29, 1.82) is 0 Å². The molecular weight excluding hydrogens is 166 g/mol. The maximum absolute atomic E-state index is 5.00. The SMILES string of the molecule is CCCl.[Pd]. The van der Waals surface area contributed by atoms with Crippen LogP contribution in [-0.2, 0) is 20.4 Å².